The summed E-state index contributed by atoms with van der Waals surface area (Å²) in [4.78, 5) is 3.38. The SMILES string of the molecule is O=S(=O)(O)c1ncccc1Cl. The summed E-state index contributed by atoms with van der Waals surface area (Å²) < 4.78 is 29.4. The van der Waals surface area contributed by atoms with Crippen LogP contribution in [-0.4, -0.2) is 18.0 Å². The largest absolute Gasteiger partial charge is 0.313 e. The molecule has 60 valence electrons. The summed E-state index contributed by atoms with van der Waals surface area (Å²) in [5.74, 6) is 0. The van der Waals surface area contributed by atoms with Gasteiger partial charge in [0.25, 0.3) is 0 Å². The van der Waals surface area contributed by atoms with Crippen molar-refractivity contribution in [3.05, 3.63) is 23.4 Å². The first-order valence-electron chi connectivity index (χ1n) is 2.60. The lowest BCUT2D eigenvalue weighted by atomic mass is 10.5. The average molecular weight is 194 g/mol. The van der Waals surface area contributed by atoms with Crippen molar-refractivity contribution in [2.45, 2.75) is 5.03 Å². The van der Waals surface area contributed by atoms with Gasteiger partial charge >= 0.3 is 10.1 Å². The summed E-state index contributed by atoms with van der Waals surface area (Å²) in [6, 6.07) is 2.80. The van der Waals surface area contributed by atoms with Crippen LogP contribution in [0.2, 0.25) is 5.02 Å². The molecule has 1 aromatic heterocycles. The van der Waals surface area contributed by atoms with Crippen molar-refractivity contribution in [3.63, 3.8) is 0 Å². The summed E-state index contributed by atoms with van der Waals surface area (Å²) in [6.07, 6.45) is 1.23. The molecule has 0 spiro atoms. The molecule has 0 radical (unpaired) electrons. The van der Waals surface area contributed by atoms with Gasteiger partial charge in [-0.2, -0.15) is 8.42 Å². The highest BCUT2D eigenvalue weighted by molar-refractivity contribution is 7.85. The van der Waals surface area contributed by atoms with E-state index in [2.05, 4.69) is 4.98 Å². The number of aromatic nitrogens is 1. The van der Waals surface area contributed by atoms with Gasteiger partial charge in [-0.05, 0) is 12.1 Å². The monoisotopic (exact) mass is 193 g/mol. The Morgan fingerprint density at radius 3 is 2.55 bits per heavy atom. The first kappa shape index (κ1) is 8.45. The Morgan fingerprint density at radius 1 is 1.55 bits per heavy atom. The Morgan fingerprint density at radius 2 is 2.18 bits per heavy atom. The molecule has 0 unspecified atom stereocenters. The van der Waals surface area contributed by atoms with E-state index in [0.29, 0.717) is 0 Å². The van der Waals surface area contributed by atoms with E-state index < -0.39 is 15.1 Å². The first-order valence-corrected chi connectivity index (χ1v) is 4.41. The molecule has 1 rings (SSSR count). The maximum atomic E-state index is 10.5. The summed E-state index contributed by atoms with van der Waals surface area (Å²) in [5, 5.41) is -0.600. The standard InChI is InChI=1S/C5H4ClNO3S/c6-4-2-1-3-7-5(4)11(8,9)10/h1-3H,(H,8,9,10). The molecule has 0 saturated carbocycles. The maximum Gasteiger partial charge on any atom is 0.313 e. The molecule has 1 N–H and O–H groups in total. The van der Waals surface area contributed by atoms with Crippen molar-refractivity contribution >= 4 is 21.7 Å². The zero-order chi connectivity index (χ0) is 8.48. The average Bonchev–Trinajstić information content (AvgIpc) is 1.86. The minimum Gasteiger partial charge on any atom is -0.281 e. The van der Waals surface area contributed by atoms with E-state index in [9.17, 15) is 8.42 Å². The summed E-state index contributed by atoms with van der Waals surface area (Å²) in [6.45, 7) is 0. The number of pyridine rings is 1. The van der Waals surface area contributed by atoms with E-state index in [4.69, 9.17) is 16.2 Å². The third-order valence-corrected chi connectivity index (χ3v) is 2.20. The predicted molar refractivity (Wildman–Crippen MR) is 39.1 cm³/mol. The van der Waals surface area contributed by atoms with E-state index in [1.807, 2.05) is 0 Å². The lowest BCUT2D eigenvalue weighted by molar-refractivity contribution is 0.479. The minimum atomic E-state index is -4.28. The molecule has 0 atom stereocenters. The third kappa shape index (κ3) is 1.89. The van der Waals surface area contributed by atoms with E-state index in [0.717, 1.165) is 0 Å². The van der Waals surface area contributed by atoms with Crippen molar-refractivity contribution < 1.29 is 13.0 Å². The molecule has 0 saturated heterocycles. The zero-order valence-corrected chi connectivity index (χ0v) is 6.80. The van der Waals surface area contributed by atoms with Crippen LogP contribution in [0, 0.1) is 0 Å². The van der Waals surface area contributed by atoms with Crippen LogP contribution in [0.25, 0.3) is 0 Å². The first-order chi connectivity index (χ1) is 5.02. The summed E-state index contributed by atoms with van der Waals surface area (Å²) in [7, 11) is -4.28. The van der Waals surface area contributed by atoms with Gasteiger partial charge in [0.05, 0.1) is 5.02 Å². The zero-order valence-electron chi connectivity index (χ0n) is 5.23. The summed E-state index contributed by atoms with van der Waals surface area (Å²) >= 11 is 5.41. The van der Waals surface area contributed by atoms with Crippen molar-refractivity contribution in [1.29, 1.82) is 0 Å². The van der Waals surface area contributed by atoms with Gasteiger partial charge in [-0.3, -0.25) is 4.55 Å². The Labute approximate surface area is 68.6 Å². The quantitative estimate of drug-likeness (QED) is 0.676. The van der Waals surface area contributed by atoms with Crippen LogP contribution in [-0.2, 0) is 10.1 Å². The molecule has 0 fully saturated rings. The van der Waals surface area contributed by atoms with Gasteiger partial charge in [-0.1, -0.05) is 11.6 Å². The molecule has 0 amide bonds. The molecule has 4 nitrogen and oxygen atoms in total. The molecule has 0 bridgehead atoms. The fourth-order valence-electron chi connectivity index (χ4n) is 0.561. The van der Waals surface area contributed by atoms with Crippen molar-refractivity contribution in [2.75, 3.05) is 0 Å². The molecule has 1 aromatic rings. The number of rotatable bonds is 1. The van der Waals surface area contributed by atoms with Crippen molar-refractivity contribution in [2.24, 2.45) is 0 Å². The second-order valence-corrected chi connectivity index (χ2v) is 3.51. The Bertz CT molecular complexity index is 362. The van der Waals surface area contributed by atoms with Gasteiger partial charge in [-0.15, -0.1) is 0 Å². The molecule has 0 aliphatic rings. The van der Waals surface area contributed by atoms with Gasteiger partial charge < -0.3 is 0 Å². The predicted octanol–water partition coefficient (Wildman–Crippen LogP) is 0.982. The normalized spacial score (nSPS) is 11.5. The van der Waals surface area contributed by atoms with Gasteiger partial charge in [0.15, 0.2) is 0 Å². The van der Waals surface area contributed by atoms with Crippen LogP contribution in [0.4, 0.5) is 0 Å². The van der Waals surface area contributed by atoms with E-state index in [1.54, 1.807) is 0 Å². The number of nitrogens with zero attached hydrogens (tertiary/aromatic N) is 1. The molecule has 6 heteroatoms. The molecule has 0 aromatic carbocycles. The van der Waals surface area contributed by atoms with E-state index >= 15 is 0 Å². The van der Waals surface area contributed by atoms with Gasteiger partial charge in [-0.25, -0.2) is 4.98 Å². The number of hydrogen-bond acceptors (Lipinski definition) is 3. The topological polar surface area (TPSA) is 67.3 Å². The lowest BCUT2D eigenvalue weighted by Crippen LogP contribution is -2.01. The molecular weight excluding hydrogens is 190 g/mol. The van der Waals surface area contributed by atoms with E-state index in [-0.39, 0.29) is 5.02 Å². The molecule has 11 heavy (non-hydrogen) atoms. The lowest BCUT2D eigenvalue weighted by Gasteiger charge is -1.95. The highest BCUT2D eigenvalue weighted by Gasteiger charge is 2.14. The van der Waals surface area contributed by atoms with Crippen LogP contribution >= 0.6 is 11.6 Å². The Balaban J connectivity index is 3.37. The highest BCUT2D eigenvalue weighted by Crippen LogP contribution is 2.16. The third-order valence-electron chi connectivity index (χ3n) is 0.969. The van der Waals surface area contributed by atoms with Crippen LogP contribution in [0.15, 0.2) is 23.4 Å². The van der Waals surface area contributed by atoms with Crippen LogP contribution in [0.1, 0.15) is 0 Å². The minimum absolute atomic E-state index is 0.0880. The van der Waals surface area contributed by atoms with Crippen molar-refractivity contribution in [3.8, 4) is 0 Å². The molecule has 0 aliphatic carbocycles. The Hall–Kier alpha value is -0.650. The number of halogens is 1. The Kier molecular flexibility index (Phi) is 2.12. The maximum absolute atomic E-state index is 10.5. The van der Waals surface area contributed by atoms with Crippen LogP contribution in [0.3, 0.4) is 0 Å². The number of hydrogen-bond donors (Lipinski definition) is 1. The van der Waals surface area contributed by atoms with E-state index in [1.165, 1.54) is 18.3 Å². The highest BCUT2D eigenvalue weighted by atomic mass is 35.5. The van der Waals surface area contributed by atoms with Gasteiger partial charge in [0.1, 0.15) is 0 Å². The molecule has 0 aliphatic heterocycles. The fourth-order valence-corrected chi connectivity index (χ4v) is 1.48. The summed E-state index contributed by atoms with van der Waals surface area (Å²) in [5.41, 5.74) is 0. The molecular formula is C5H4ClNO3S. The smallest absolute Gasteiger partial charge is 0.281 e. The van der Waals surface area contributed by atoms with Crippen LogP contribution in [0.5, 0.6) is 0 Å². The van der Waals surface area contributed by atoms with Crippen LogP contribution < -0.4 is 0 Å². The second-order valence-electron chi connectivity index (χ2n) is 1.77. The van der Waals surface area contributed by atoms with Gasteiger partial charge in [0.2, 0.25) is 5.03 Å². The molecule has 1 heterocycles. The fraction of sp³-hybridized carbons (Fsp3) is 0. The van der Waals surface area contributed by atoms with Gasteiger partial charge in [0, 0.05) is 6.20 Å². The second kappa shape index (κ2) is 2.77. The van der Waals surface area contributed by atoms with Crippen molar-refractivity contribution in [1.82, 2.24) is 4.98 Å².